The second-order valence-electron chi connectivity index (χ2n) is 0.283. The van der Waals surface area contributed by atoms with Gasteiger partial charge < -0.3 is 11.6 Å². The first-order chi connectivity index (χ1) is 1.73. The van der Waals surface area contributed by atoms with Crippen LogP contribution in [0.2, 0.25) is 0 Å². The molecule has 0 saturated heterocycles. The Bertz CT molecular complexity index is 37.9. The molecule has 0 spiro atoms. The Morgan fingerprint density at radius 3 is 1.50 bits per heavy atom. The van der Waals surface area contributed by atoms with Crippen LogP contribution in [0.1, 0.15) is 1.43 Å². The summed E-state index contributed by atoms with van der Waals surface area (Å²) < 4.78 is 0. The second-order valence-corrected chi connectivity index (χ2v) is 0.283. The van der Waals surface area contributed by atoms with Crippen molar-refractivity contribution < 1.29 is 46.0 Å². The van der Waals surface area contributed by atoms with Crippen molar-refractivity contribution in [2.24, 2.45) is 0 Å². The molecule has 0 aromatic rings. The van der Waals surface area contributed by atoms with Crippen LogP contribution in [-0.4, -0.2) is 24.8 Å². The van der Waals surface area contributed by atoms with E-state index in [0.29, 0.717) is 0 Å². The minimum Gasteiger partial charge on any atom is -1.00 e. The van der Waals surface area contributed by atoms with Crippen molar-refractivity contribution in [3.63, 3.8) is 0 Å². The smallest absolute Gasteiger partial charge is 1.00 e. The summed E-state index contributed by atoms with van der Waals surface area (Å²) in [4.78, 5) is 8.56. The maximum Gasteiger partial charge on any atom is 1.00 e. The summed E-state index contributed by atoms with van der Waals surface area (Å²) in [5, 5.41) is 13.9. The van der Waals surface area contributed by atoms with Crippen LogP contribution in [0, 0.1) is 0 Å². The summed E-state index contributed by atoms with van der Waals surface area (Å²) in [6, 6.07) is 0. The van der Waals surface area contributed by atoms with E-state index in [2.05, 4.69) is 0 Å². The average Bonchev–Trinajstić information content (AvgIpc) is 0.811. The third-order valence-corrected chi connectivity index (χ3v) is 0. The summed E-state index contributed by atoms with van der Waals surface area (Å²) in [7, 11) is 0. The molecule has 2 N–H and O–H groups in total. The molecule has 0 amide bonds. The minimum atomic E-state index is -1.83. The zero-order valence-corrected chi connectivity index (χ0v) is 5.38. The number of carboxylic acid groups (broad SMARTS) is 2. The van der Waals surface area contributed by atoms with Crippen LogP contribution in [-0.2, 0) is 0 Å². The Morgan fingerprint density at radius 2 is 1.50 bits per heavy atom. The van der Waals surface area contributed by atoms with Crippen molar-refractivity contribution in [1.82, 2.24) is 0 Å². The van der Waals surface area contributed by atoms with Crippen LogP contribution in [0.5, 0.6) is 0 Å². The second kappa shape index (κ2) is 9.01. The van der Waals surface area contributed by atoms with Gasteiger partial charge in [0.05, 0.1) is 0 Å². The third kappa shape index (κ3) is 430. The summed E-state index contributed by atoms with van der Waals surface area (Å²) >= 11 is 0. The van der Waals surface area contributed by atoms with Crippen molar-refractivity contribution in [1.29, 1.82) is 0 Å². The fourth-order valence-electron chi connectivity index (χ4n) is 0. The third-order valence-electron chi connectivity index (χ3n) is 0. The van der Waals surface area contributed by atoms with E-state index in [1.165, 1.54) is 0 Å². The monoisotopic (exact) mass is 97.0 g/mol. The van der Waals surface area contributed by atoms with E-state index in [9.17, 15) is 0 Å². The van der Waals surface area contributed by atoms with Crippen LogP contribution in [0.25, 0.3) is 0 Å². The SMILES string of the molecule is O=C(O)O.[B].[H-].[Na+]. The number of hydrogen-bond donors (Lipinski definition) is 2. The average molecular weight is 96.8 g/mol. The van der Waals surface area contributed by atoms with Crippen LogP contribution in [0.3, 0.4) is 0 Å². The Kier molecular flexibility index (Phi) is 24.4. The summed E-state index contributed by atoms with van der Waals surface area (Å²) in [6.07, 6.45) is -1.83. The van der Waals surface area contributed by atoms with Crippen molar-refractivity contribution in [2.45, 2.75) is 0 Å². The molecule has 0 bridgehead atoms. The normalized spacial score (nSPS) is 4.00. The number of hydrogen-bond acceptors (Lipinski definition) is 1. The zero-order chi connectivity index (χ0) is 3.58. The minimum absolute atomic E-state index is 0. The molecule has 0 saturated carbocycles. The van der Waals surface area contributed by atoms with Gasteiger partial charge in [0, 0.05) is 8.41 Å². The molecule has 29 valence electrons. The topological polar surface area (TPSA) is 57.5 Å². The van der Waals surface area contributed by atoms with Crippen molar-refractivity contribution in [3.8, 4) is 0 Å². The number of rotatable bonds is 0. The van der Waals surface area contributed by atoms with Gasteiger partial charge >= 0.3 is 35.7 Å². The van der Waals surface area contributed by atoms with Crippen LogP contribution < -0.4 is 29.6 Å². The van der Waals surface area contributed by atoms with Crippen molar-refractivity contribution in [3.05, 3.63) is 0 Å². The van der Waals surface area contributed by atoms with Gasteiger partial charge in [-0.15, -0.1) is 0 Å². The molecule has 0 aliphatic heterocycles. The molecule has 0 fully saturated rings. The predicted octanol–water partition coefficient (Wildman–Crippen LogP) is -3.04. The molecule has 0 aliphatic carbocycles. The van der Waals surface area contributed by atoms with Crippen molar-refractivity contribution >= 4 is 14.6 Å². The van der Waals surface area contributed by atoms with Gasteiger partial charge in [0.2, 0.25) is 0 Å². The molecule has 3 nitrogen and oxygen atoms in total. The summed E-state index contributed by atoms with van der Waals surface area (Å²) in [6.45, 7) is 0. The summed E-state index contributed by atoms with van der Waals surface area (Å²) in [5.74, 6) is 0. The molecule has 3 radical (unpaired) electrons. The van der Waals surface area contributed by atoms with Gasteiger partial charge in [0.25, 0.3) is 0 Å². The van der Waals surface area contributed by atoms with Gasteiger partial charge in [-0.25, -0.2) is 4.79 Å². The molecule has 0 heterocycles. The van der Waals surface area contributed by atoms with E-state index in [4.69, 9.17) is 15.0 Å². The van der Waals surface area contributed by atoms with E-state index < -0.39 is 6.16 Å². The molecule has 0 aromatic carbocycles. The van der Waals surface area contributed by atoms with Gasteiger partial charge in [-0.3, -0.25) is 0 Å². The maximum atomic E-state index is 8.56. The molecule has 0 aromatic heterocycles. The molecule has 6 heavy (non-hydrogen) atoms. The van der Waals surface area contributed by atoms with Gasteiger partial charge in [0.1, 0.15) is 0 Å². The molecule has 5 heteroatoms. The van der Waals surface area contributed by atoms with Gasteiger partial charge in [0.15, 0.2) is 0 Å². The van der Waals surface area contributed by atoms with E-state index in [1.807, 2.05) is 0 Å². The van der Waals surface area contributed by atoms with Crippen molar-refractivity contribution in [2.75, 3.05) is 0 Å². The fourth-order valence-corrected chi connectivity index (χ4v) is 0. The first-order valence-corrected chi connectivity index (χ1v) is 0.651. The molecule has 0 unspecified atom stereocenters. The van der Waals surface area contributed by atoms with Gasteiger partial charge in [-0.1, -0.05) is 0 Å². The first-order valence-electron chi connectivity index (χ1n) is 0.651. The fraction of sp³-hybridized carbons (Fsp3) is 0. The van der Waals surface area contributed by atoms with Crippen LogP contribution >= 0.6 is 0 Å². The quantitative estimate of drug-likeness (QED) is 0.316. The Hall–Kier alpha value is 0.335. The van der Waals surface area contributed by atoms with Gasteiger partial charge in [-0.05, 0) is 0 Å². The van der Waals surface area contributed by atoms with Gasteiger partial charge in [-0.2, -0.15) is 0 Å². The molecular weight excluding hydrogens is 93.8 g/mol. The van der Waals surface area contributed by atoms with E-state index in [1.54, 1.807) is 0 Å². The Labute approximate surface area is 60.7 Å². The first kappa shape index (κ1) is 16.2. The maximum absolute atomic E-state index is 8.56. The van der Waals surface area contributed by atoms with Crippen LogP contribution in [0.4, 0.5) is 4.79 Å². The number of carbonyl (C=O) groups is 1. The predicted molar refractivity (Wildman–Crippen MR) is 17.5 cm³/mol. The summed E-state index contributed by atoms with van der Waals surface area (Å²) in [5.41, 5.74) is 0. The van der Waals surface area contributed by atoms with E-state index >= 15 is 0 Å². The largest absolute Gasteiger partial charge is 1.00 e. The van der Waals surface area contributed by atoms with Crippen LogP contribution in [0.15, 0.2) is 0 Å². The molecule has 0 rings (SSSR count). The van der Waals surface area contributed by atoms with E-state index in [-0.39, 0.29) is 39.4 Å². The standard InChI is InChI=1S/CH2O3.B.Na.H/c2-1(3)4;;;/h(H2,2,3,4);;;/q;;+1;-1. The molecule has 0 atom stereocenters. The Morgan fingerprint density at radius 1 is 1.50 bits per heavy atom. The zero-order valence-electron chi connectivity index (χ0n) is 4.38. The molecule has 0 aliphatic rings. The molecular formula is CH3BNaO3. The Balaban J connectivity index is -0.0000000150. The van der Waals surface area contributed by atoms with E-state index in [0.717, 1.165) is 0 Å².